The number of pyridine rings is 1. The molecule has 0 atom stereocenters. The van der Waals surface area contributed by atoms with Crippen LogP contribution in [0.1, 0.15) is 5.56 Å². The second-order valence-corrected chi connectivity index (χ2v) is 4.32. The Morgan fingerprint density at radius 3 is 2.82 bits per heavy atom. The second-order valence-electron chi connectivity index (χ2n) is 3.60. The number of carboxylic acids is 1. The summed E-state index contributed by atoms with van der Waals surface area (Å²) >= 11 is 2.17. The molecule has 4 heteroatoms. The first-order valence-corrected chi connectivity index (χ1v) is 6.36. The Morgan fingerprint density at radius 1 is 1.35 bits per heavy atom. The highest BCUT2D eigenvalue weighted by Crippen LogP contribution is 2.17. The van der Waals surface area contributed by atoms with E-state index in [9.17, 15) is 4.79 Å². The Balaban J connectivity index is 2.66. The molecule has 0 unspecified atom stereocenters. The van der Waals surface area contributed by atoms with Crippen LogP contribution in [0, 0.1) is 0 Å². The molecule has 17 heavy (non-hydrogen) atoms. The summed E-state index contributed by atoms with van der Waals surface area (Å²) in [5, 5.41) is 9.92. The van der Waals surface area contributed by atoms with Gasteiger partial charge in [-0.1, -0.05) is 34.7 Å². The molecule has 2 aromatic rings. The first-order valence-electron chi connectivity index (χ1n) is 5.12. The van der Waals surface area contributed by atoms with E-state index in [1.54, 1.807) is 4.57 Å². The summed E-state index contributed by atoms with van der Waals surface area (Å²) in [5.41, 5.74) is 2.03. The van der Waals surface area contributed by atoms with Crippen molar-refractivity contribution >= 4 is 45.5 Å². The van der Waals surface area contributed by atoms with Crippen molar-refractivity contribution in [1.29, 1.82) is 0 Å². The van der Waals surface area contributed by atoms with Crippen molar-refractivity contribution in [3.8, 4) is 0 Å². The largest absolute Gasteiger partial charge is 0.477 e. The molecule has 0 aliphatic carbocycles. The van der Waals surface area contributed by atoms with Crippen molar-refractivity contribution in [2.75, 3.05) is 0 Å². The molecule has 86 valence electrons. The van der Waals surface area contributed by atoms with Gasteiger partial charge in [0, 0.05) is 12.1 Å². The minimum absolute atomic E-state index is 0.0191. The van der Waals surface area contributed by atoms with Gasteiger partial charge in [-0.15, -0.1) is 0 Å². The SMILES string of the molecule is O=C(O)C[n+]1ccc(/C=C/I)c2ccccc21. The van der Waals surface area contributed by atoms with Crippen LogP contribution < -0.4 is 4.57 Å². The first-order chi connectivity index (χ1) is 8.22. The third kappa shape index (κ3) is 2.63. The number of para-hydroxylation sites is 1. The summed E-state index contributed by atoms with van der Waals surface area (Å²) in [6.45, 7) is -0.0191. The van der Waals surface area contributed by atoms with Crippen molar-refractivity contribution < 1.29 is 14.5 Å². The van der Waals surface area contributed by atoms with Crippen LogP contribution in [0.5, 0.6) is 0 Å². The third-order valence-corrected chi connectivity index (χ3v) is 2.87. The van der Waals surface area contributed by atoms with E-state index in [1.165, 1.54) is 0 Å². The number of hydrogen-bond donors (Lipinski definition) is 1. The second kappa shape index (κ2) is 5.27. The van der Waals surface area contributed by atoms with Crippen LogP contribution in [-0.2, 0) is 11.3 Å². The maximum absolute atomic E-state index is 10.8. The normalized spacial score (nSPS) is 11.1. The lowest BCUT2D eigenvalue weighted by Gasteiger charge is -2.02. The molecular weight excluding hydrogens is 329 g/mol. The Kier molecular flexibility index (Phi) is 3.73. The number of aliphatic carboxylic acids is 1. The summed E-state index contributed by atoms with van der Waals surface area (Å²) in [7, 11) is 0. The van der Waals surface area contributed by atoms with Crippen molar-refractivity contribution in [3.05, 3.63) is 46.2 Å². The zero-order chi connectivity index (χ0) is 12.3. The summed E-state index contributed by atoms with van der Waals surface area (Å²) < 4.78 is 3.68. The predicted molar refractivity (Wildman–Crippen MR) is 74.8 cm³/mol. The number of rotatable bonds is 3. The smallest absolute Gasteiger partial charge is 0.370 e. The highest BCUT2D eigenvalue weighted by Gasteiger charge is 2.13. The van der Waals surface area contributed by atoms with Gasteiger partial charge in [-0.25, -0.2) is 4.79 Å². The van der Waals surface area contributed by atoms with Gasteiger partial charge in [-0.2, -0.15) is 4.57 Å². The molecule has 0 radical (unpaired) electrons. The van der Waals surface area contributed by atoms with E-state index in [2.05, 4.69) is 22.6 Å². The van der Waals surface area contributed by atoms with Gasteiger partial charge in [0.1, 0.15) is 0 Å². The van der Waals surface area contributed by atoms with Gasteiger partial charge < -0.3 is 5.11 Å². The summed E-state index contributed by atoms with van der Waals surface area (Å²) in [4.78, 5) is 10.8. The van der Waals surface area contributed by atoms with Gasteiger partial charge in [0.2, 0.25) is 12.1 Å². The molecule has 1 heterocycles. The van der Waals surface area contributed by atoms with Crippen LogP contribution in [0.2, 0.25) is 0 Å². The molecule has 0 amide bonds. The molecular formula is C13H11INO2+. The van der Waals surface area contributed by atoms with Crippen molar-refractivity contribution in [2.24, 2.45) is 0 Å². The average molecular weight is 340 g/mol. The van der Waals surface area contributed by atoms with Gasteiger partial charge in [0.25, 0.3) is 0 Å². The number of carbonyl (C=O) groups is 1. The van der Waals surface area contributed by atoms with Gasteiger partial charge in [-0.3, -0.25) is 0 Å². The van der Waals surface area contributed by atoms with E-state index in [4.69, 9.17) is 5.11 Å². The minimum atomic E-state index is -0.836. The monoisotopic (exact) mass is 340 g/mol. The first kappa shape index (κ1) is 12.0. The average Bonchev–Trinajstić information content (AvgIpc) is 2.32. The summed E-state index contributed by atoms with van der Waals surface area (Å²) in [6, 6.07) is 9.74. The highest BCUT2D eigenvalue weighted by atomic mass is 127. The Bertz CT molecular complexity index is 593. The van der Waals surface area contributed by atoms with Crippen LogP contribution in [0.4, 0.5) is 0 Å². The molecule has 0 fully saturated rings. The quantitative estimate of drug-likeness (QED) is 0.689. The van der Waals surface area contributed by atoms with Gasteiger partial charge in [-0.05, 0) is 21.8 Å². The zero-order valence-corrected chi connectivity index (χ0v) is 11.2. The molecule has 0 spiro atoms. The van der Waals surface area contributed by atoms with E-state index in [0.29, 0.717) is 0 Å². The number of carboxylic acid groups (broad SMARTS) is 1. The Labute approximate surface area is 113 Å². The van der Waals surface area contributed by atoms with Gasteiger partial charge in [0.15, 0.2) is 6.20 Å². The molecule has 1 N–H and O–H groups in total. The van der Waals surface area contributed by atoms with E-state index >= 15 is 0 Å². The van der Waals surface area contributed by atoms with E-state index in [1.807, 2.05) is 46.7 Å². The van der Waals surface area contributed by atoms with E-state index < -0.39 is 5.97 Å². The number of benzene rings is 1. The number of fused-ring (bicyclic) bond motifs is 1. The fourth-order valence-electron chi connectivity index (χ4n) is 1.81. The lowest BCUT2D eigenvalue weighted by molar-refractivity contribution is -0.660. The van der Waals surface area contributed by atoms with Crippen LogP contribution in [0.3, 0.4) is 0 Å². The Morgan fingerprint density at radius 2 is 2.12 bits per heavy atom. The van der Waals surface area contributed by atoms with Crippen LogP contribution >= 0.6 is 22.6 Å². The van der Waals surface area contributed by atoms with Gasteiger partial charge >= 0.3 is 5.97 Å². The fraction of sp³-hybridized carbons (Fsp3) is 0.0769. The molecule has 0 aliphatic heterocycles. The number of halogens is 1. The fourth-order valence-corrected chi connectivity index (χ4v) is 2.19. The highest BCUT2D eigenvalue weighted by molar-refractivity contribution is 14.1. The lowest BCUT2D eigenvalue weighted by atomic mass is 10.1. The van der Waals surface area contributed by atoms with Crippen LogP contribution in [-0.4, -0.2) is 11.1 Å². The van der Waals surface area contributed by atoms with Gasteiger partial charge in [0.05, 0.1) is 5.39 Å². The molecule has 0 saturated heterocycles. The minimum Gasteiger partial charge on any atom is -0.477 e. The number of nitrogens with zero attached hydrogens (tertiary/aromatic N) is 1. The molecule has 1 aromatic carbocycles. The van der Waals surface area contributed by atoms with E-state index in [0.717, 1.165) is 16.5 Å². The third-order valence-electron chi connectivity index (χ3n) is 2.51. The number of aromatic nitrogens is 1. The molecule has 3 nitrogen and oxygen atoms in total. The van der Waals surface area contributed by atoms with Crippen LogP contribution in [0.25, 0.3) is 17.0 Å². The van der Waals surface area contributed by atoms with E-state index in [-0.39, 0.29) is 6.54 Å². The predicted octanol–water partition coefficient (Wildman–Crippen LogP) is 2.62. The molecule has 1 aromatic heterocycles. The molecule has 2 rings (SSSR count). The Hall–Kier alpha value is -1.43. The summed E-state index contributed by atoms with van der Waals surface area (Å²) in [6.07, 6.45) is 3.82. The lowest BCUT2D eigenvalue weighted by Crippen LogP contribution is -2.38. The number of hydrogen-bond acceptors (Lipinski definition) is 1. The van der Waals surface area contributed by atoms with Crippen LogP contribution in [0.15, 0.2) is 40.6 Å². The summed E-state index contributed by atoms with van der Waals surface area (Å²) in [5.74, 6) is -0.836. The molecule has 0 bridgehead atoms. The maximum atomic E-state index is 10.8. The molecule has 0 aliphatic rings. The zero-order valence-electron chi connectivity index (χ0n) is 9.01. The van der Waals surface area contributed by atoms with Crippen molar-refractivity contribution in [3.63, 3.8) is 0 Å². The molecule has 0 saturated carbocycles. The standard InChI is InChI=1S/C13H10INO2/c14-7-5-10-6-8-15(9-13(16)17)12-4-2-1-3-11(10)12/h1-8H,9H2/p+1/b7-5+. The topological polar surface area (TPSA) is 41.2 Å². The maximum Gasteiger partial charge on any atom is 0.370 e. The van der Waals surface area contributed by atoms with Crippen molar-refractivity contribution in [2.45, 2.75) is 6.54 Å². The van der Waals surface area contributed by atoms with Crippen molar-refractivity contribution in [1.82, 2.24) is 0 Å².